The smallest absolute Gasteiger partial charge is 0.227 e. The van der Waals surface area contributed by atoms with Crippen LogP contribution in [0, 0.1) is 5.82 Å². The minimum Gasteiger partial charge on any atom is -0.435 e. The molecule has 0 saturated heterocycles. The van der Waals surface area contributed by atoms with Gasteiger partial charge in [0.2, 0.25) is 5.88 Å². The molecule has 0 N–H and O–H groups in total. The summed E-state index contributed by atoms with van der Waals surface area (Å²) in [7, 11) is 0. The van der Waals surface area contributed by atoms with E-state index >= 15 is 0 Å². The Morgan fingerprint density at radius 3 is 2.57 bits per heavy atom. The van der Waals surface area contributed by atoms with Gasteiger partial charge < -0.3 is 4.74 Å². The largest absolute Gasteiger partial charge is 0.435 e. The van der Waals surface area contributed by atoms with E-state index in [4.69, 9.17) is 27.9 Å². The number of hydrogen-bond acceptors (Lipinski definition) is 2. The number of hydrogen-bond donors (Lipinski definition) is 0. The van der Waals surface area contributed by atoms with Gasteiger partial charge in [-0.25, -0.2) is 9.37 Å². The van der Waals surface area contributed by atoms with Crippen molar-refractivity contribution in [1.29, 1.82) is 0 Å². The molecule has 0 radical (unpaired) electrons. The molecule has 0 aliphatic rings. The summed E-state index contributed by atoms with van der Waals surface area (Å²) in [6, 6.07) is 12.1. The Bertz CT molecular complexity index is 807. The molecule has 0 atom stereocenters. The van der Waals surface area contributed by atoms with E-state index in [1.54, 1.807) is 12.3 Å². The van der Waals surface area contributed by atoms with Crippen molar-refractivity contribution in [3.8, 4) is 11.6 Å². The highest BCUT2D eigenvalue weighted by Crippen LogP contribution is 2.33. The van der Waals surface area contributed by atoms with Gasteiger partial charge in [0.05, 0.1) is 5.02 Å². The third kappa shape index (κ3) is 2.67. The summed E-state index contributed by atoms with van der Waals surface area (Å²) < 4.78 is 19.5. The van der Waals surface area contributed by atoms with Crippen molar-refractivity contribution >= 4 is 34.0 Å². The lowest BCUT2D eigenvalue weighted by Gasteiger charge is -2.11. The Morgan fingerprint density at radius 1 is 1.05 bits per heavy atom. The zero-order valence-corrected chi connectivity index (χ0v) is 12.3. The molecule has 1 aromatic heterocycles. The fourth-order valence-corrected chi connectivity index (χ4v) is 2.46. The van der Waals surface area contributed by atoms with Crippen molar-refractivity contribution in [1.82, 2.24) is 4.98 Å². The van der Waals surface area contributed by atoms with Gasteiger partial charge in [0.1, 0.15) is 0 Å². The van der Waals surface area contributed by atoms with Gasteiger partial charge in [-0.05, 0) is 29.1 Å². The van der Waals surface area contributed by atoms with Crippen LogP contribution in [0.15, 0.2) is 48.7 Å². The van der Waals surface area contributed by atoms with Crippen LogP contribution in [-0.4, -0.2) is 4.98 Å². The van der Waals surface area contributed by atoms with Gasteiger partial charge in [0, 0.05) is 17.5 Å². The molecule has 0 bridgehead atoms. The fraction of sp³-hybridized carbons (Fsp3) is 0.0625. The summed E-state index contributed by atoms with van der Waals surface area (Å²) in [5.41, 5.74) is 0.895. The van der Waals surface area contributed by atoms with Gasteiger partial charge in [-0.1, -0.05) is 35.9 Å². The zero-order chi connectivity index (χ0) is 14.8. The van der Waals surface area contributed by atoms with E-state index in [9.17, 15) is 4.39 Å². The standard InChI is InChI=1S/C16H10Cl2FNO/c17-8-10-9-20-16(12-5-2-1-4-11(10)12)21-14-7-3-6-13(18)15(14)19/h1-7,9H,8H2. The second kappa shape index (κ2) is 5.88. The third-order valence-electron chi connectivity index (χ3n) is 3.11. The van der Waals surface area contributed by atoms with Crippen LogP contribution in [0.25, 0.3) is 10.8 Å². The Balaban J connectivity index is 2.11. The van der Waals surface area contributed by atoms with E-state index in [-0.39, 0.29) is 10.8 Å². The van der Waals surface area contributed by atoms with E-state index in [1.165, 1.54) is 12.1 Å². The molecule has 0 fully saturated rings. The van der Waals surface area contributed by atoms with Crippen LogP contribution < -0.4 is 4.74 Å². The number of halogens is 3. The van der Waals surface area contributed by atoms with Crippen LogP contribution in [0.2, 0.25) is 5.02 Å². The molecule has 0 saturated carbocycles. The Kier molecular flexibility index (Phi) is 3.95. The van der Waals surface area contributed by atoms with Crippen molar-refractivity contribution in [2.75, 3.05) is 0 Å². The molecule has 21 heavy (non-hydrogen) atoms. The first kappa shape index (κ1) is 14.1. The molecule has 3 rings (SSSR count). The maximum absolute atomic E-state index is 13.9. The highest BCUT2D eigenvalue weighted by atomic mass is 35.5. The first-order valence-corrected chi connectivity index (χ1v) is 7.16. The van der Waals surface area contributed by atoms with E-state index in [0.29, 0.717) is 11.8 Å². The van der Waals surface area contributed by atoms with Gasteiger partial charge in [0.15, 0.2) is 11.6 Å². The van der Waals surface area contributed by atoms with E-state index < -0.39 is 5.82 Å². The number of nitrogens with zero attached hydrogens (tertiary/aromatic N) is 1. The molecule has 106 valence electrons. The molecule has 0 amide bonds. The number of benzene rings is 2. The maximum Gasteiger partial charge on any atom is 0.227 e. The Morgan fingerprint density at radius 2 is 1.81 bits per heavy atom. The molecular formula is C16H10Cl2FNO. The van der Waals surface area contributed by atoms with Gasteiger partial charge in [-0.2, -0.15) is 0 Å². The molecule has 0 aliphatic heterocycles. The predicted octanol–water partition coefficient (Wildman–Crippen LogP) is 5.56. The van der Waals surface area contributed by atoms with Crippen LogP contribution in [0.1, 0.15) is 5.56 Å². The second-order valence-electron chi connectivity index (χ2n) is 4.42. The van der Waals surface area contributed by atoms with Crippen LogP contribution >= 0.6 is 23.2 Å². The van der Waals surface area contributed by atoms with Crippen molar-refractivity contribution in [3.05, 3.63) is 65.1 Å². The monoisotopic (exact) mass is 321 g/mol. The number of ether oxygens (including phenoxy) is 1. The van der Waals surface area contributed by atoms with Crippen molar-refractivity contribution < 1.29 is 9.13 Å². The van der Waals surface area contributed by atoms with Gasteiger partial charge >= 0.3 is 0 Å². The third-order valence-corrected chi connectivity index (χ3v) is 3.69. The van der Waals surface area contributed by atoms with Crippen LogP contribution in [-0.2, 0) is 5.88 Å². The summed E-state index contributed by atoms with van der Waals surface area (Å²) in [6.07, 6.45) is 1.63. The molecule has 0 aliphatic carbocycles. The normalized spacial score (nSPS) is 10.8. The minimum absolute atomic E-state index is 0.00850. The highest BCUT2D eigenvalue weighted by molar-refractivity contribution is 6.30. The summed E-state index contributed by atoms with van der Waals surface area (Å²) in [5, 5.41) is 1.71. The van der Waals surface area contributed by atoms with Crippen LogP contribution in [0.3, 0.4) is 0 Å². The Labute approximate surface area is 131 Å². The molecule has 2 nitrogen and oxygen atoms in total. The molecule has 2 aromatic carbocycles. The fourth-order valence-electron chi connectivity index (χ4n) is 2.08. The lowest BCUT2D eigenvalue weighted by molar-refractivity contribution is 0.432. The molecular weight excluding hydrogens is 312 g/mol. The van der Waals surface area contributed by atoms with E-state index in [2.05, 4.69) is 4.98 Å². The van der Waals surface area contributed by atoms with Crippen molar-refractivity contribution in [2.24, 2.45) is 0 Å². The second-order valence-corrected chi connectivity index (χ2v) is 5.10. The average Bonchev–Trinajstić information content (AvgIpc) is 2.52. The molecule has 1 heterocycles. The highest BCUT2D eigenvalue weighted by Gasteiger charge is 2.12. The zero-order valence-electron chi connectivity index (χ0n) is 10.8. The molecule has 3 aromatic rings. The average molecular weight is 322 g/mol. The summed E-state index contributed by atoms with van der Waals surface area (Å²) >= 11 is 11.7. The number of rotatable bonds is 3. The molecule has 0 spiro atoms. The lowest BCUT2D eigenvalue weighted by atomic mass is 10.1. The number of aromatic nitrogens is 1. The van der Waals surface area contributed by atoms with Gasteiger partial charge in [-0.3, -0.25) is 0 Å². The first-order valence-electron chi connectivity index (χ1n) is 6.25. The van der Waals surface area contributed by atoms with E-state index in [0.717, 1.165) is 16.3 Å². The Hall–Kier alpha value is -1.84. The summed E-state index contributed by atoms with van der Waals surface area (Å²) in [5.74, 6) is 0.102. The van der Waals surface area contributed by atoms with Crippen molar-refractivity contribution in [3.63, 3.8) is 0 Å². The SMILES string of the molecule is Fc1c(Cl)cccc1Oc1ncc(CCl)c2ccccc12. The number of fused-ring (bicyclic) bond motifs is 1. The molecule has 0 unspecified atom stereocenters. The lowest BCUT2D eigenvalue weighted by Crippen LogP contribution is -1.94. The van der Waals surface area contributed by atoms with Gasteiger partial charge in [0.25, 0.3) is 0 Å². The van der Waals surface area contributed by atoms with E-state index in [1.807, 2.05) is 24.3 Å². The number of pyridine rings is 1. The number of alkyl halides is 1. The van der Waals surface area contributed by atoms with Crippen molar-refractivity contribution in [2.45, 2.75) is 5.88 Å². The first-order chi connectivity index (χ1) is 10.2. The summed E-state index contributed by atoms with van der Waals surface area (Å²) in [6.45, 7) is 0. The maximum atomic E-state index is 13.9. The molecule has 5 heteroatoms. The van der Waals surface area contributed by atoms with Crippen LogP contribution in [0.4, 0.5) is 4.39 Å². The summed E-state index contributed by atoms with van der Waals surface area (Å²) in [4.78, 5) is 4.23. The minimum atomic E-state index is -0.605. The van der Waals surface area contributed by atoms with Crippen LogP contribution in [0.5, 0.6) is 11.6 Å². The van der Waals surface area contributed by atoms with Gasteiger partial charge in [-0.15, -0.1) is 11.6 Å². The topological polar surface area (TPSA) is 22.1 Å². The quantitative estimate of drug-likeness (QED) is 0.589. The predicted molar refractivity (Wildman–Crippen MR) is 82.8 cm³/mol.